The van der Waals surface area contributed by atoms with E-state index in [0.29, 0.717) is 6.42 Å². The van der Waals surface area contributed by atoms with Gasteiger partial charge in [0.15, 0.2) is 0 Å². The van der Waals surface area contributed by atoms with Crippen molar-refractivity contribution in [3.63, 3.8) is 0 Å². The van der Waals surface area contributed by atoms with Gasteiger partial charge in [-0.25, -0.2) is 8.42 Å². The Hall–Kier alpha value is -0.510. The standard InChI is InChI=1S/C6H13NO2S/c1-4-6(3)10(8,9)7-5-2/h5-7H,2,4H2,1,3H3. The van der Waals surface area contributed by atoms with E-state index >= 15 is 0 Å². The molecule has 3 nitrogen and oxygen atoms in total. The molecule has 0 spiro atoms. The number of nitrogens with one attached hydrogen (secondary N) is 1. The largest absolute Gasteiger partial charge is 0.291 e. The summed E-state index contributed by atoms with van der Waals surface area (Å²) in [6.45, 7) is 6.76. The summed E-state index contributed by atoms with van der Waals surface area (Å²) in [7, 11) is -3.13. The molecule has 0 radical (unpaired) electrons. The quantitative estimate of drug-likeness (QED) is 0.667. The average Bonchev–Trinajstić information content (AvgIpc) is 1.86. The van der Waals surface area contributed by atoms with Crippen LogP contribution in [-0.2, 0) is 10.0 Å². The van der Waals surface area contributed by atoms with E-state index in [1.54, 1.807) is 6.92 Å². The predicted octanol–water partition coefficient (Wildman–Crippen LogP) is 0.848. The van der Waals surface area contributed by atoms with E-state index in [1.165, 1.54) is 6.20 Å². The highest BCUT2D eigenvalue weighted by Crippen LogP contribution is 2.01. The Labute approximate surface area is 62.2 Å². The zero-order valence-electron chi connectivity index (χ0n) is 6.29. The molecule has 10 heavy (non-hydrogen) atoms. The second-order valence-corrected chi connectivity index (χ2v) is 4.22. The van der Waals surface area contributed by atoms with Gasteiger partial charge < -0.3 is 0 Å². The van der Waals surface area contributed by atoms with Crippen LogP contribution in [0.15, 0.2) is 12.8 Å². The molecule has 0 aliphatic heterocycles. The predicted molar refractivity (Wildman–Crippen MR) is 42.0 cm³/mol. The van der Waals surface area contributed by atoms with Gasteiger partial charge in [-0.3, -0.25) is 4.72 Å². The molecule has 1 N–H and O–H groups in total. The highest BCUT2D eigenvalue weighted by atomic mass is 32.2. The number of sulfonamides is 1. The summed E-state index contributed by atoms with van der Waals surface area (Å²) >= 11 is 0. The lowest BCUT2D eigenvalue weighted by molar-refractivity contribution is 0.575. The van der Waals surface area contributed by atoms with Crippen LogP contribution in [0.5, 0.6) is 0 Å². The molecule has 0 rings (SSSR count). The zero-order chi connectivity index (χ0) is 8.20. The molecule has 0 aliphatic rings. The third kappa shape index (κ3) is 2.39. The second kappa shape index (κ2) is 3.61. The van der Waals surface area contributed by atoms with Gasteiger partial charge in [0, 0.05) is 6.20 Å². The fourth-order valence-electron chi connectivity index (χ4n) is 0.452. The summed E-state index contributed by atoms with van der Waals surface area (Å²) in [6.07, 6.45) is 1.80. The van der Waals surface area contributed by atoms with E-state index in [4.69, 9.17) is 0 Å². The van der Waals surface area contributed by atoms with Crippen LogP contribution >= 0.6 is 0 Å². The lowest BCUT2D eigenvalue weighted by Gasteiger charge is -2.08. The average molecular weight is 163 g/mol. The van der Waals surface area contributed by atoms with Gasteiger partial charge in [-0.2, -0.15) is 0 Å². The first-order valence-electron chi connectivity index (χ1n) is 3.16. The van der Waals surface area contributed by atoms with E-state index in [9.17, 15) is 8.42 Å². The van der Waals surface area contributed by atoms with Crippen LogP contribution in [0.3, 0.4) is 0 Å². The van der Waals surface area contributed by atoms with Crippen molar-refractivity contribution in [3.8, 4) is 0 Å². The van der Waals surface area contributed by atoms with E-state index in [2.05, 4.69) is 11.3 Å². The number of rotatable bonds is 4. The Morgan fingerprint density at radius 2 is 2.20 bits per heavy atom. The summed E-state index contributed by atoms with van der Waals surface area (Å²) in [5, 5.41) is -0.342. The van der Waals surface area contributed by atoms with Crippen molar-refractivity contribution in [2.45, 2.75) is 25.5 Å². The summed E-state index contributed by atoms with van der Waals surface area (Å²) < 4.78 is 24.2. The molecule has 0 bridgehead atoms. The van der Waals surface area contributed by atoms with Gasteiger partial charge >= 0.3 is 0 Å². The molecule has 0 aromatic heterocycles. The monoisotopic (exact) mass is 163 g/mol. The first kappa shape index (κ1) is 9.49. The van der Waals surface area contributed by atoms with Gasteiger partial charge in [0.1, 0.15) is 0 Å². The maximum Gasteiger partial charge on any atom is 0.234 e. The molecular weight excluding hydrogens is 150 g/mol. The minimum Gasteiger partial charge on any atom is -0.291 e. The highest BCUT2D eigenvalue weighted by Gasteiger charge is 2.15. The molecule has 0 fully saturated rings. The first-order valence-corrected chi connectivity index (χ1v) is 4.71. The molecule has 4 heteroatoms. The maximum absolute atomic E-state index is 11.0. The normalized spacial score (nSPS) is 14.2. The first-order chi connectivity index (χ1) is 4.54. The van der Waals surface area contributed by atoms with Gasteiger partial charge in [0.05, 0.1) is 5.25 Å². The molecule has 0 aromatic rings. The molecule has 0 saturated heterocycles. The Kier molecular flexibility index (Phi) is 3.42. The fourth-order valence-corrected chi connectivity index (χ4v) is 1.36. The Bertz CT molecular complexity index is 196. The lowest BCUT2D eigenvalue weighted by Crippen LogP contribution is -2.27. The SMILES string of the molecule is C=CNS(=O)(=O)C(C)CC. The van der Waals surface area contributed by atoms with Crippen LogP contribution in [-0.4, -0.2) is 13.7 Å². The lowest BCUT2D eigenvalue weighted by atomic mass is 10.4. The summed E-state index contributed by atoms with van der Waals surface area (Å²) in [6, 6.07) is 0. The molecule has 0 aliphatic carbocycles. The fraction of sp³-hybridized carbons (Fsp3) is 0.667. The number of hydrogen-bond acceptors (Lipinski definition) is 2. The third-order valence-corrected chi connectivity index (χ3v) is 3.24. The maximum atomic E-state index is 11.0. The van der Waals surface area contributed by atoms with E-state index in [0.717, 1.165) is 0 Å². The van der Waals surface area contributed by atoms with Gasteiger partial charge in [-0.05, 0) is 13.3 Å². The van der Waals surface area contributed by atoms with Gasteiger partial charge in [-0.15, -0.1) is 0 Å². The highest BCUT2D eigenvalue weighted by molar-refractivity contribution is 7.90. The van der Waals surface area contributed by atoms with Crippen molar-refractivity contribution in [2.75, 3.05) is 0 Å². The molecule has 0 saturated carbocycles. The molecule has 1 unspecified atom stereocenters. The molecule has 0 aromatic carbocycles. The van der Waals surface area contributed by atoms with E-state index < -0.39 is 10.0 Å². The Morgan fingerprint density at radius 3 is 2.50 bits per heavy atom. The van der Waals surface area contributed by atoms with Crippen molar-refractivity contribution in [1.82, 2.24) is 4.72 Å². The summed E-state index contributed by atoms with van der Waals surface area (Å²) in [4.78, 5) is 0. The minimum absolute atomic E-state index is 0.342. The van der Waals surface area contributed by atoms with Crippen molar-refractivity contribution < 1.29 is 8.42 Å². The van der Waals surface area contributed by atoms with Crippen LogP contribution in [0.1, 0.15) is 20.3 Å². The molecular formula is C6H13NO2S. The Balaban J connectivity index is 4.25. The van der Waals surface area contributed by atoms with Gasteiger partial charge in [-0.1, -0.05) is 13.5 Å². The van der Waals surface area contributed by atoms with Crippen LogP contribution in [0.25, 0.3) is 0 Å². The summed E-state index contributed by atoms with van der Waals surface area (Å²) in [5.74, 6) is 0. The van der Waals surface area contributed by atoms with Gasteiger partial charge in [0.2, 0.25) is 10.0 Å². The minimum atomic E-state index is -3.13. The van der Waals surface area contributed by atoms with Crippen LogP contribution in [0.4, 0.5) is 0 Å². The van der Waals surface area contributed by atoms with Crippen molar-refractivity contribution in [3.05, 3.63) is 12.8 Å². The van der Waals surface area contributed by atoms with E-state index in [1.807, 2.05) is 6.92 Å². The van der Waals surface area contributed by atoms with Crippen molar-refractivity contribution in [2.24, 2.45) is 0 Å². The van der Waals surface area contributed by atoms with Crippen molar-refractivity contribution >= 4 is 10.0 Å². The second-order valence-electron chi connectivity index (χ2n) is 2.09. The van der Waals surface area contributed by atoms with Gasteiger partial charge in [0.25, 0.3) is 0 Å². The van der Waals surface area contributed by atoms with Crippen LogP contribution in [0.2, 0.25) is 0 Å². The van der Waals surface area contributed by atoms with Crippen LogP contribution in [0, 0.1) is 0 Å². The molecule has 60 valence electrons. The zero-order valence-corrected chi connectivity index (χ0v) is 7.11. The van der Waals surface area contributed by atoms with E-state index in [-0.39, 0.29) is 5.25 Å². The molecule has 1 atom stereocenters. The third-order valence-electron chi connectivity index (χ3n) is 1.35. The summed E-state index contributed by atoms with van der Waals surface area (Å²) in [5.41, 5.74) is 0. The molecule has 0 amide bonds. The number of hydrogen-bond donors (Lipinski definition) is 1. The van der Waals surface area contributed by atoms with Crippen molar-refractivity contribution in [1.29, 1.82) is 0 Å². The molecule has 0 heterocycles. The topological polar surface area (TPSA) is 46.2 Å². The Morgan fingerprint density at radius 1 is 1.70 bits per heavy atom. The smallest absolute Gasteiger partial charge is 0.234 e. The van der Waals surface area contributed by atoms with Crippen LogP contribution < -0.4 is 4.72 Å².